The number of thiophene rings is 1. The normalized spacial score (nSPS) is 13.0. The number of halogens is 1. The van der Waals surface area contributed by atoms with E-state index >= 15 is 0 Å². The van der Waals surface area contributed by atoms with Crippen molar-refractivity contribution in [2.75, 3.05) is 0 Å². The van der Waals surface area contributed by atoms with Crippen molar-refractivity contribution in [3.63, 3.8) is 0 Å². The molecule has 0 fully saturated rings. The van der Waals surface area contributed by atoms with Crippen LogP contribution in [0.15, 0.2) is 43.7 Å². The highest BCUT2D eigenvalue weighted by atomic mass is 79.9. The van der Waals surface area contributed by atoms with Gasteiger partial charge in [0.15, 0.2) is 5.78 Å². The zero-order valence-electron chi connectivity index (χ0n) is 19.0. The van der Waals surface area contributed by atoms with Gasteiger partial charge in [-0.05, 0) is 65.7 Å². The summed E-state index contributed by atoms with van der Waals surface area (Å²) in [6.45, 7) is 7.69. The third kappa shape index (κ3) is 7.71. The second kappa shape index (κ2) is 12.0. The first-order valence-electron chi connectivity index (χ1n) is 10.5. The summed E-state index contributed by atoms with van der Waals surface area (Å²) < 4.78 is 6.21. The summed E-state index contributed by atoms with van der Waals surface area (Å²) in [7, 11) is 0. The van der Waals surface area contributed by atoms with E-state index in [2.05, 4.69) is 35.1 Å². The van der Waals surface area contributed by atoms with Gasteiger partial charge >= 0.3 is 11.7 Å². The van der Waals surface area contributed by atoms with E-state index in [1.807, 2.05) is 13.0 Å². The van der Waals surface area contributed by atoms with Gasteiger partial charge in [0.1, 0.15) is 17.1 Å². The fraction of sp³-hybridized carbons (Fsp3) is 0.375. The average molecular weight is 538 g/mol. The summed E-state index contributed by atoms with van der Waals surface area (Å²) in [5, 5.41) is 21.1. The first-order chi connectivity index (χ1) is 15.5. The van der Waals surface area contributed by atoms with Gasteiger partial charge in [0.25, 0.3) is 0 Å². The molecule has 33 heavy (non-hydrogen) atoms. The van der Waals surface area contributed by atoms with Crippen LogP contribution in [0.2, 0.25) is 0 Å². The van der Waals surface area contributed by atoms with Gasteiger partial charge in [0.05, 0.1) is 0 Å². The summed E-state index contributed by atoms with van der Waals surface area (Å²) in [4.78, 5) is 37.9. The Kier molecular flexibility index (Phi) is 9.67. The van der Waals surface area contributed by atoms with Crippen molar-refractivity contribution >= 4 is 45.2 Å². The monoisotopic (exact) mass is 537 g/mol. The van der Waals surface area contributed by atoms with Gasteiger partial charge in [-0.2, -0.15) is 0 Å². The van der Waals surface area contributed by atoms with Crippen LogP contribution in [0.25, 0.3) is 6.08 Å². The maximum absolute atomic E-state index is 12.9. The van der Waals surface area contributed by atoms with Gasteiger partial charge in [-0.3, -0.25) is 10.1 Å². The lowest BCUT2D eigenvalue weighted by Crippen LogP contribution is -2.16. The molecule has 1 atom stereocenters. The molecule has 0 spiro atoms. The largest absolute Gasteiger partial charge is 0.507 e. The highest BCUT2D eigenvalue weighted by molar-refractivity contribution is 9.10. The molecule has 0 aliphatic heterocycles. The maximum Gasteiger partial charge on any atom is 0.408 e. The van der Waals surface area contributed by atoms with E-state index in [9.17, 15) is 19.5 Å². The topological polar surface area (TPSA) is 117 Å². The summed E-state index contributed by atoms with van der Waals surface area (Å²) >= 11 is 5.09. The lowest BCUT2D eigenvalue weighted by molar-refractivity contribution is 0.102. The van der Waals surface area contributed by atoms with E-state index in [1.54, 1.807) is 30.4 Å². The SMILES string of the molecule is CC(=Cc1sc(CC(C)C)cc1Br)C(=O)c1c(O)cc(C(C)CCC=CNC(=O)O)oc1=O. The smallest absolute Gasteiger partial charge is 0.408 e. The predicted molar refractivity (Wildman–Crippen MR) is 133 cm³/mol. The number of hydrogen-bond donors (Lipinski definition) is 3. The Labute approximate surface area is 205 Å². The van der Waals surface area contributed by atoms with Crippen LogP contribution >= 0.6 is 27.3 Å². The summed E-state index contributed by atoms with van der Waals surface area (Å²) in [6, 6.07) is 3.33. The number of carboxylic acid groups (broad SMARTS) is 1. The van der Waals surface area contributed by atoms with Gasteiger partial charge < -0.3 is 14.6 Å². The van der Waals surface area contributed by atoms with Crippen molar-refractivity contribution in [3.8, 4) is 5.75 Å². The minimum absolute atomic E-state index is 0.222. The number of nitrogens with one attached hydrogen (secondary N) is 1. The molecule has 9 heteroatoms. The number of hydrogen-bond acceptors (Lipinski definition) is 6. The van der Waals surface area contributed by atoms with E-state index in [-0.39, 0.29) is 17.2 Å². The van der Waals surface area contributed by atoms with Crippen molar-refractivity contribution in [2.45, 2.75) is 52.9 Å². The molecule has 2 heterocycles. The Morgan fingerprint density at radius 3 is 2.58 bits per heavy atom. The molecule has 2 aromatic rings. The first-order valence-corrected chi connectivity index (χ1v) is 12.1. The number of carbonyl (C=O) groups is 2. The Balaban J connectivity index is 2.18. The van der Waals surface area contributed by atoms with Gasteiger partial charge in [0, 0.05) is 32.4 Å². The number of allylic oxidation sites excluding steroid dienone is 2. The molecule has 0 aromatic carbocycles. The Morgan fingerprint density at radius 2 is 1.97 bits per heavy atom. The van der Waals surface area contributed by atoms with Crippen LogP contribution in [0.4, 0.5) is 4.79 Å². The molecule has 0 saturated carbocycles. The number of carbonyl (C=O) groups excluding carboxylic acids is 1. The van der Waals surface area contributed by atoms with Gasteiger partial charge in [-0.15, -0.1) is 11.3 Å². The Bertz CT molecular complexity index is 1130. The second-order valence-corrected chi connectivity index (χ2v) is 10.2. The second-order valence-electron chi connectivity index (χ2n) is 8.21. The van der Waals surface area contributed by atoms with Gasteiger partial charge in [0.2, 0.25) is 0 Å². The average Bonchev–Trinajstić information content (AvgIpc) is 3.04. The number of aromatic hydroxyl groups is 1. The molecule has 1 amide bonds. The predicted octanol–water partition coefficient (Wildman–Crippen LogP) is 6.32. The van der Waals surface area contributed by atoms with Crippen LogP contribution in [0.3, 0.4) is 0 Å². The van der Waals surface area contributed by atoms with Gasteiger partial charge in [-0.1, -0.05) is 26.8 Å². The minimum atomic E-state index is -1.15. The van der Waals surface area contributed by atoms with Gasteiger partial charge in [-0.25, -0.2) is 9.59 Å². The molecular formula is C24H28BrNO6S. The van der Waals surface area contributed by atoms with Crippen LogP contribution in [-0.4, -0.2) is 22.1 Å². The van der Waals surface area contributed by atoms with Crippen molar-refractivity contribution in [2.24, 2.45) is 5.92 Å². The van der Waals surface area contributed by atoms with Crippen molar-refractivity contribution < 1.29 is 24.2 Å². The van der Waals surface area contributed by atoms with Crippen molar-refractivity contribution in [1.82, 2.24) is 5.32 Å². The lowest BCUT2D eigenvalue weighted by Gasteiger charge is -2.11. The minimum Gasteiger partial charge on any atom is -0.507 e. The fourth-order valence-electron chi connectivity index (χ4n) is 3.15. The Morgan fingerprint density at radius 1 is 1.27 bits per heavy atom. The number of ketones is 1. The maximum atomic E-state index is 12.9. The molecule has 1 unspecified atom stereocenters. The Hall–Kier alpha value is -2.65. The number of Topliss-reactive ketones (excluding diaryl/α,β-unsaturated/α-hetero) is 1. The van der Waals surface area contributed by atoms with Crippen LogP contribution in [0, 0.1) is 5.92 Å². The highest BCUT2D eigenvalue weighted by Crippen LogP contribution is 2.32. The number of amides is 1. The van der Waals surface area contributed by atoms with E-state index < -0.39 is 23.3 Å². The summed E-state index contributed by atoms with van der Waals surface area (Å²) in [5.74, 6) is -0.460. The van der Waals surface area contributed by atoms with Crippen molar-refractivity contribution in [1.29, 1.82) is 0 Å². The third-order valence-corrected chi connectivity index (χ3v) is 6.86. The first kappa shape index (κ1) is 26.6. The molecule has 2 rings (SSSR count). The highest BCUT2D eigenvalue weighted by Gasteiger charge is 2.22. The lowest BCUT2D eigenvalue weighted by atomic mass is 10.00. The quantitative estimate of drug-likeness (QED) is 0.241. The fourth-order valence-corrected chi connectivity index (χ4v) is 5.20. The summed E-state index contributed by atoms with van der Waals surface area (Å²) in [5.41, 5.74) is -0.961. The van der Waals surface area contributed by atoms with E-state index in [0.29, 0.717) is 24.3 Å². The number of rotatable bonds is 10. The van der Waals surface area contributed by atoms with Crippen LogP contribution in [-0.2, 0) is 6.42 Å². The van der Waals surface area contributed by atoms with E-state index in [1.165, 1.54) is 17.1 Å². The molecule has 0 aliphatic carbocycles. The molecule has 3 N–H and O–H groups in total. The van der Waals surface area contributed by atoms with Crippen LogP contribution in [0.1, 0.15) is 72.3 Å². The zero-order valence-corrected chi connectivity index (χ0v) is 21.4. The summed E-state index contributed by atoms with van der Waals surface area (Å²) in [6.07, 6.45) is 5.53. The molecule has 7 nitrogen and oxygen atoms in total. The molecule has 0 radical (unpaired) electrons. The standard InChI is InChI=1S/C24H28BrNO6S/c1-13(2)9-16-11-17(25)20(33-16)10-15(4)22(28)21-18(27)12-19(32-23(21)29)14(3)7-5-6-8-26-24(30)31/h6,8,10-14,26-27H,5,7,9H2,1-4H3,(H,30,31). The third-order valence-electron chi connectivity index (χ3n) is 4.83. The zero-order chi connectivity index (χ0) is 24.7. The molecule has 178 valence electrons. The molecular weight excluding hydrogens is 510 g/mol. The van der Waals surface area contributed by atoms with Crippen molar-refractivity contribution in [3.05, 3.63) is 66.0 Å². The molecule has 0 bridgehead atoms. The van der Waals surface area contributed by atoms with E-state index in [0.717, 1.165) is 15.8 Å². The molecule has 2 aromatic heterocycles. The van der Waals surface area contributed by atoms with Crippen LogP contribution in [0.5, 0.6) is 5.75 Å². The van der Waals surface area contributed by atoms with Crippen LogP contribution < -0.4 is 10.9 Å². The molecule has 0 aliphatic rings. The molecule has 0 saturated heterocycles. The van der Waals surface area contributed by atoms with E-state index in [4.69, 9.17) is 9.52 Å².